The van der Waals surface area contributed by atoms with Crippen molar-refractivity contribution in [2.75, 3.05) is 40.8 Å². The summed E-state index contributed by atoms with van der Waals surface area (Å²) in [6.07, 6.45) is 2.41. The Hall–Kier alpha value is -0.650. The summed E-state index contributed by atoms with van der Waals surface area (Å²) in [5.41, 5.74) is 4.80. The van der Waals surface area contributed by atoms with Crippen LogP contribution in [-0.4, -0.2) is 68.1 Å². The van der Waals surface area contributed by atoms with Gasteiger partial charge in [0.1, 0.15) is 5.54 Å². The molecule has 0 aromatic heterocycles. The van der Waals surface area contributed by atoms with E-state index >= 15 is 0 Å². The second-order valence-electron chi connectivity index (χ2n) is 5.42. The summed E-state index contributed by atoms with van der Waals surface area (Å²) in [5, 5.41) is 3.03. The van der Waals surface area contributed by atoms with Crippen LogP contribution in [0.1, 0.15) is 19.8 Å². The summed E-state index contributed by atoms with van der Waals surface area (Å²) in [6.45, 7) is 4.74. The number of nitrogens with zero attached hydrogens (tertiary/aromatic N) is 2. The van der Waals surface area contributed by atoms with Gasteiger partial charge in [-0.2, -0.15) is 0 Å². The maximum atomic E-state index is 11.5. The molecule has 0 saturated carbocycles. The topological polar surface area (TPSA) is 61.6 Å². The summed E-state index contributed by atoms with van der Waals surface area (Å²) in [6, 6.07) is 0.515. The lowest BCUT2D eigenvalue weighted by molar-refractivity contribution is -0.124. The summed E-state index contributed by atoms with van der Waals surface area (Å²) in [5.74, 6) is -0.295. The van der Waals surface area contributed by atoms with Crippen molar-refractivity contribution in [1.29, 1.82) is 0 Å². The molecule has 5 heteroatoms. The molecular formula is C12H26N4O. The van der Waals surface area contributed by atoms with E-state index in [9.17, 15) is 4.79 Å². The quantitative estimate of drug-likeness (QED) is 0.681. The lowest BCUT2D eigenvalue weighted by Crippen LogP contribution is -2.60. The molecule has 1 aliphatic heterocycles. The van der Waals surface area contributed by atoms with Gasteiger partial charge in [-0.25, -0.2) is 0 Å². The molecule has 1 aliphatic rings. The second kappa shape index (κ2) is 5.80. The third-order valence-electron chi connectivity index (χ3n) is 3.88. The van der Waals surface area contributed by atoms with Crippen LogP contribution in [0.5, 0.6) is 0 Å². The van der Waals surface area contributed by atoms with Gasteiger partial charge in [0.05, 0.1) is 0 Å². The molecule has 2 unspecified atom stereocenters. The highest BCUT2D eigenvalue weighted by atomic mass is 16.1. The van der Waals surface area contributed by atoms with Crippen LogP contribution < -0.4 is 11.1 Å². The predicted octanol–water partition coefficient (Wildman–Crippen LogP) is -0.524. The fourth-order valence-electron chi connectivity index (χ4n) is 2.41. The van der Waals surface area contributed by atoms with Crippen LogP contribution in [0.25, 0.3) is 0 Å². The van der Waals surface area contributed by atoms with Crippen molar-refractivity contribution < 1.29 is 4.79 Å². The first-order valence-electron chi connectivity index (χ1n) is 6.26. The van der Waals surface area contributed by atoms with Gasteiger partial charge in [0.15, 0.2) is 0 Å². The first-order chi connectivity index (χ1) is 7.89. The summed E-state index contributed by atoms with van der Waals surface area (Å²) in [4.78, 5) is 16.0. The van der Waals surface area contributed by atoms with Crippen molar-refractivity contribution in [1.82, 2.24) is 15.1 Å². The molecule has 0 aromatic rings. The molecule has 0 spiro atoms. The minimum Gasteiger partial charge on any atom is -0.368 e. The van der Waals surface area contributed by atoms with Gasteiger partial charge in [-0.1, -0.05) is 0 Å². The monoisotopic (exact) mass is 242 g/mol. The number of likely N-dealkylation sites (tertiary alicyclic amines) is 1. The maximum Gasteiger partial charge on any atom is 0.238 e. The molecule has 0 bridgehead atoms. The number of nitrogens with two attached hydrogens (primary N) is 1. The van der Waals surface area contributed by atoms with Crippen LogP contribution in [0, 0.1) is 0 Å². The zero-order valence-electron chi connectivity index (χ0n) is 11.5. The van der Waals surface area contributed by atoms with Gasteiger partial charge in [0.2, 0.25) is 5.91 Å². The Morgan fingerprint density at radius 1 is 1.65 bits per heavy atom. The van der Waals surface area contributed by atoms with Crippen LogP contribution in [-0.2, 0) is 4.79 Å². The van der Waals surface area contributed by atoms with Gasteiger partial charge in [0.25, 0.3) is 0 Å². The Morgan fingerprint density at radius 2 is 2.29 bits per heavy atom. The zero-order chi connectivity index (χ0) is 13.1. The minimum absolute atomic E-state index is 0.295. The third-order valence-corrected chi connectivity index (χ3v) is 3.88. The molecule has 3 N–H and O–H groups in total. The van der Waals surface area contributed by atoms with Crippen LogP contribution in [0.2, 0.25) is 0 Å². The normalized spacial score (nSPS) is 25.8. The molecule has 0 aliphatic carbocycles. The third kappa shape index (κ3) is 3.66. The number of amides is 1. The summed E-state index contributed by atoms with van der Waals surface area (Å²) in [7, 11) is 6.00. The van der Waals surface area contributed by atoms with Gasteiger partial charge < -0.3 is 16.0 Å². The van der Waals surface area contributed by atoms with Gasteiger partial charge in [0, 0.05) is 19.1 Å². The molecule has 17 heavy (non-hydrogen) atoms. The van der Waals surface area contributed by atoms with Gasteiger partial charge in [-0.3, -0.25) is 9.69 Å². The van der Waals surface area contributed by atoms with Gasteiger partial charge >= 0.3 is 0 Å². The van der Waals surface area contributed by atoms with Crippen LogP contribution in [0.4, 0.5) is 0 Å². The highest BCUT2D eigenvalue weighted by Crippen LogP contribution is 2.15. The lowest BCUT2D eigenvalue weighted by atomic mass is 9.98. The van der Waals surface area contributed by atoms with Crippen LogP contribution >= 0.6 is 0 Å². The smallest absolute Gasteiger partial charge is 0.238 e. The molecule has 1 saturated heterocycles. The summed E-state index contributed by atoms with van der Waals surface area (Å²) < 4.78 is 0. The molecule has 1 fully saturated rings. The first kappa shape index (κ1) is 14.4. The van der Waals surface area contributed by atoms with E-state index in [0.29, 0.717) is 12.6 Å². The number of likely N-dealkylation sites (N-methyl/N-ethyl adjacent to an activating group) is 3. The Labute approximate surface area is 104 Å². The van der Waals surface area contributed by atoms with Crippen LogP contribution in [0.15, 0.2) is 0 Å². The fourth-order valence-corrected chi connectivity index (χ4v) is 2.41. The van der Waals surface area contributed by atoms with Crippen LogP contribution in [0.3, 0.4) is 0 Å². The van der Waals surface area contributed by atoms with Crippen molar-refractivity contribution in [3.63, 3.8) is 0 Å². The molecule has 1 heterocycles. The highest BCUT2D eigenvalue weighted by Gasteiger charge is 2.33. The molecule has 100 valence electrons. The van der Waals surface area contributed by atoms with Crippen molar-refractivity contribution in [2.24, 2.45) is 5.73 Å². The van der Waals surface area contributed by atoms with E-state index < -0.39 is 5.54 Å². The van der Waals surface area contributed by atoms with E-state index in [4.69, 9.17) is 5.73 Å². The maximum absolute atomic E-state index is 11.5. The first-order valence-corrected chi connectivity index (χ1v) is 6.26. The standard InChI is InChI=1S/C12H26N4O/c1-12(14-2,11(13)17)9-16(4)10-6-5-7-15(3)8-10/h10,14H,5-9H2,1-4H3,(H2,13,17). The summed E-state index contributed by atoms with van der Waals surface area (Å²) >= 11 is 0. The van der Waals surface area contributed by atoms with Crippen molar-refractivity contribution in [3.05, 3.63) is 0 Å². The Morgan fingerprint density at radius 3 is 2.76 bits per heavy atom. The average Bonchev–Trinajstić information content (AvgIpc) is 2.28. The number of primary amides is 1. The minimum atomic E-state index is -0.648. The van der Waals surface area contributed by atoms with E-state index in [-0.39, 0.29) is 5.91 Å². The van der Waals surface area contributed by atoms with Gasteiger partial charge in [-0.05, 0) is 47.5 Å². The number of piperidine rings is 1. The number of nitrogens with one attached hydrogen (secondary N) is 1. The largest absolute Gasteiger partial charge is 0.368 e. The molecule has 0 radical (unpaired) electrons. The number of carbonyl (C=O) groups is 1. The fraction of sp³-hybridized carbons (Fsp3) is 0.917. The van der Waals surface area contributed by atoms with E-state index in [1.54, 1.807) is 7.05 Å². The number of carbonyl (C=O) groups excluding carboxylic acids is 1. The molecule has 2 atom stereocenters. The van der Waals surface area contributed by atoms with E-state index in [2.05, 4.69) is 29.2 Å². The molecular weight excluding hydrogens is 216 g/mol. The van der Waals surface area contributed by atoms with E-state index in [1.165, 1.54) is 19.4 Å². The number of rotatable bonds is 5. The van der Waals surface area contributed by atoms with Crippen molar-refractivity contribution >= 4 is 5.91 Å². The Kier molecular flexibility index (Phi) is 4.91. The lowest BCUT2D eigenvalue weighted by Gasteiger charge is -2.39. The zero-order valence-corrected chi connectivity index (χ0v) is 11.5. The SMILES string of the molecule is CNC(C)(CN(C)C1CCCN(C)C1)C(N)=O. The van der Waals surface area contributed by atoms with E-state index in [0.717, 1.165) is 6.54 Å². The van der Waals surface area contributed by atoms with Crippen molar-refractivity contribution in [2.45, 2.75) is 31.3 Å². The number of hydrogen-bond donors (Lipinski definition) is 2. The highest BCUT2D eigenvalue weighted by molar-refractivity contribution is 5.84. The molecule has 5 nitrogen and oxygen atoms in total. The average molecular weight is 242 g/mol. The second-order valence-corrected chi connectivity index (χ2v) is 5.42. The van der Waals surface area contributed by atoms with Crippen molar-refractivity contribution in [3.8, 4) is 0 Å². The van der Waals surface area contributed by atoms with E-state index in [1.807, 2.05) is 6.92 Å². The Bertz CT molecular complexity index is 271. The Balaban J connectivity index is 2.58. The predicted molar refractivity (Wildman–Crippen MR) is 69.8 cm³/mol. The van der Waals surface area contributed by atoms with Gasteiger partial charge in [-0.15, -0.1) is 0 Å². The number of hydrogen-bond acceptors (Lipinski definition) is 4. The molecule has 0 aromatic carbocycles. The molecule has 1 rings (SSSR count). The molecule has 1 amide bonds.